The fourth-order valence-corrected chi connectivity index (χ4v) is 1.18. The maximum atomic E-state index is 11.0. The summed E-state index contributed by atoms with van der Waals surface area (Å²) in [4.78, 5) is 15.1. The van der Waals surface area contributed by atoms with Crippen molar-refractivity contribution in [3.05, 3.63) is 30.2 Å². The van der Waals surface area contributed by atoms with Crippen LogP contribution >= 0.6 is 0 Å². The molecule has 0 unspecified atom stereocenters. The van der Waals surface area contributed by atoms with Crippen LogP contribution in [0.15, 0.2) is 24.5 Å². The predicted octanol–water partition coefficient (Wildman–Crippen LogP) is 1.12. The van der Waals surface area contributed by atoms with Gasteiger partial charge in [-0.2, -0.15) is 0 Å². The first-order chi connectivity index (χ1) is 6.16. The van der Waals surface area contributed by atoms with E-state index in [1.807, 2.05) is 0 Å². The minimum absolute atomic E-state index is 0.0396. The van der Waals surface area contributed by atoms with Gasteiger partial charge in [0.25, 0.3) is 0 Å². The van der Waals surface area contributed by atoms with E-state index in [1.54, 1.807) is 28.9 Å². The average molecular weight is 175 g/mol. The highest BCUT2D eigenvalue weighted by Crippen LogP contribution is 2.08. The molecule has 0 radical (unpaired) electrons. The minimum atomic E-state index is -0.0396. The van der Waals surface area contributed by atoms with E-state index in [0.29, 0.717) is 11.4 Å². The number of nitrogens with zero attached hydrogens (tertiary/aromatic N) is 2. The van der Waals surface area contributed by atoms with E-state index >= 15 is 0 Å². The van der Waals surface area contributed by atoms with Gasteiger partial charge in [-0.15, -0.1) is 0 Å². The molecule has 0 aromatic carbocycles. The van der Waals surface area contributed by atoms with Crippen LogP contribution in [0.3, 0.4) is 0 Å². The van der Waals surface area contributed by atoms with Gasteiger partial charge in [-0.1, -0.05) is 0 Å². The zero-order valence-electron chi connectivity index (χ0n) is 7.19. The second-order valence-corrected chi connectivity index (χ2v) is 2.91. The number of pyridine rings is 1. The van der Waals surface area contributed by atoms with Crippen LogP contribution in [-0.2, 0) is 0 Å². The molecular weight excluding hydrogens is 166 g/mol. The van der Waals surface area contributed by atoms with Crippen molar-refractivity contribution in [1.29, 1.82) is 0 Å². The van der Waals surface area contributed by atoms with E-state index < -0.39 is 0 Å². The first-order valence-corrected chi connectivity index (χ1v) is 3.92. The van der Waals surface area contributed by atoms with Gasteiger partial charge >= 0.3 is 0 Å². The molecule has 0 saturated heterocycles. The fraction of sp³-hybridized carbons (Fsp3) is 0.111. The zero-order valence-corrected chi connectivity index (χ0v) is 7.19. The largest absolute Gasteiger partial charge is 0.398 e. The topological polar surface area (TPSA) is 60.4 Å². The van der Waals surface area contributed by atoms with Gasteiger partial charge in [-0.3, -0.25) is 4.79 Å². The molecule has 4 heteroatoms. The quantitative estimate of drug-likeness (QED) is 0.660. The molecule has 2 heterocycles. The first-order valence-electron chi connectivity index (χ1n) is 3.92. The zero-order chi connectivity index (χ0) is 9.42. The van der Waals surface area contributed by atoms with Crippen molar-refractivity contribution in [1.82, 2.24) is 9.38 Å². The van der Waals surface area contributed by atoms with Gasteiger partial charge in [-0.25, -0.2) is 4.98 Å². The molecule has 13 heavy (non-hydrogen) atoms. The molecule has 0 atom stereocenters. The van der Waals surface area contributed by atoms with Crippen molar-refractivity contribution in [3.63, 3.8) is 0 Å². The predicted molar refractivity (Wildman–Crippen MR) is 49.6 cm³/mol. The van der Waals surface area contributed by atoms with Gasteiger partial charge in [0.15, 0.2) is 5.78 Å². The van der Waals surface area contributed by atoms with Crippen LogP contribution in [0.25, 0.3) is 5.65 Å². The molecule has 0 bridgehead atoms. The summed E-state index contributed by atoms with van der Waals surface area (Å²) in [5.41, 5.74) is 7.43. The number of carbonyl (C=O) groups excluding carboxylic acids is 1. The van der Waals surface area contributed by atoms with E-state index in [9.17, 15) is 4.79 Å². The Labute approximate surface area is 75.0 Å². The van der Waals surface area contributed by atoms with Crippen LogP contribution in [0.2, 0.25) is 0 Å². The molecular formula is C9H9N3O. The number of hydrogen-bond donors (Lipinski definition) is 1. The monoisotopic (exact) mass is 175 g/mol. The lowest BCUT2D eigenvalue weighted by Crippen LogP contribution is -1.90. The van der Waals surface area contributed by atoms with E-state index in [-0.39, 0.29) is 5.78 Å². The number of rotatable bonds is 1. The third-order valence-corrected chi connectivity index (χ3v) is 1.83. The van der Waals surface area contributed by atoms with E-state index in [0.717, 1.165) is 5.65 Å². The van der Waals surface area contributed by atoms with Gasteiger partial charge < -0.3 is 10.1 Å². The van der Waals surface area contributed by atoms with Crippen molar-refractivity contribution in [3.8, 4) is 0 Å². The van der Waals surface area contributed by atoms with Crippen LogP contribution in [0.1, 0.15) is 17.4 Å². The molecule has 2 aromatic rings. The van der Waals surface area contributed by atoms with Gasteiger partial charge in [0.05, 0.1) is 0 Å². The summed E-state index contributed by atoms with van der Waals surface area (Å²) in [6, 6.07) is 3.54. The number of nitrogen functional groups attached to an aromatic ring is 1. The summed E-state index contributed by atoms with van der Waals surface area (Å²) in [7, 11) is 0. The maximum Gasteiger partial charge on any atom is 0.179 e. The van der Waals surface area contributed by atoms with Crippen LogP contribution in [-0.4, -0.2) is 15.2 Å². The van der Waals surface area contributed by atoms with Crippen LogP contribution in [0.4, 0.5) is 5.69 Å². The first kappa shape index (κ1) is 7.79. The lowest BCUT2D eigenvalue weighted by molar-refractivity contribution is 0.101. The summed E-state index contributed by atoms with van der Waals surface area (Å²) in [5, 5.41) is 0. The Bertz CT molecular complexity index is 473. The number of imidazole rings is 1. The highest BCUT2D eigenvalue weighted by Gasteiger charge is 2.04. The van der Waals surface area contributed by atoms with E-state index in [4.69, 9.17) is 5.73 Å². The molecule has 4 nitrogen and oxygen atoms in total. The normalized spacial score (nSPS) is 10.5. The number of fused-ring (bicyclic) bond motifs is 1. The molecule has 0 aliphatic carbocycles. The van der Waals surface area contributed by atoms with Crippen molar-refractivity contribution < 1.29 is 4.79 Å². The highest BCUT2D eigenvalue weighted by molar-refractivity contribution is 5.92. The van der Waals surface area contributed by atoms with Crippen LogP contribution in [0.5, 0.6) is 0 Å². The van der Waals surface area contributed by atoms with Crippen molar-refractivity contribution in [2.24, 2.45) is 0 Å². The second-order valence-electron chi connectivity index (χ2n) is 2.91. The summed E-state index contributed by atoms with van der Waals surface area (Å²) < 4.78 is 1.74. The number of ketones is 1. The van der Waals surface area contributed by atoms with Gasteiger partial charge in [-0.05, 0) is 12.1 Å². The maximum absolute atomic E-state index is 11.0. The second kappa shape index (κ2) is 2.58. The molecule has 0 spiro atoms. The van der Waals surface area contributed by atoms with E-state index in [2.05, 4.69) is 4.98 Å². The number of aromatic nitrogens is 2. The van der Waals surface area contributed by atoms with Crippen molar-refractivity contribution in [2.75, 3.05) is 5.73 Å². The van der Waals surface area contributed by atoms with E-state index in [1.165, 1.54) is 6.92 Å². The lowest BCUT2D eigenvalue weighted by atomic mass is 10.3. The molecule has 0 aliphatic rings. The Balaban J connectivity index is 2.68. The van der Waals surface area contributed by atoms with Crippen molar-refractivity contribution >= 4 is 17.1 Å². The number of hydrogen-bond acceptors (Lipinski definition) is 3. The lowest BCUT2D eigenvalue weighted by Gasteiger charge is -1.93. The van der Waals surface area contributed by atoms with Gasteiger partial charge in [0.2, 0.25) is 0 Å². The summed E-state index contributed by atoms with van der Waals surface area (Å²) >= 11 is 0. The SMILES string of the molecule is CC(=O)c1cn2cc(N)ccc2n1. The van der Waals surface area contributed by atoms with Gasteiger partial charge in [0.1, 0.15) is 11.3 Å². The molecule has 0 amide bonds. The molecule has 0 aliphatic heterocycles. The number of carbonyl (C=O) groups is 1. The Hall–Kier alpha value is -1.84. The Morgan fingerprint density at radius 1 is 1.46 bits per heavy atom. The Morgan fingerprint density at radius 2 is 2.23 bits per heavy atom. The Morgan fingerprint density at radius 3 is 2.92 bits per heavy atom. The fourth-order valence-electron chi connectivity index (χ4n) is 1.18. The van der Waals surface area contributed by atoms with Crippen molar-refractivity contribution in [2.45, 2.75) is 6.92 Å². The number of anilines is 1. The third-order valence-electron chi connectivity index (χ3n) is 1.83. The Kier molecular flexibility index (Phi) is 1.55. The van der Waals surface area contributed by atoms with Crippen LogP contribution < -0.4 is 5.73 Å². The molecule has 0 fully saturated rings. The van der Waals surface area contributed by atoms with Crippen LogP contribution in [0, 0.1) is 0 Å². The summed E-state index contributed by atoms with van der Waals surface area (Å²) in [5.74, 6) is -0.0396. The molecule has 2 rings (SSSR count). The average Bonchev–Trinajstić information content (AvgIpc) is 2.46. The smallest absolute Gasteiger partial charge is 0.179 e. The molecule has 2 aromatic heterocycles. The minimum Gasteiger partial charge on any atom is -0.398 e. The third kappa shape index (κ3) is 1.26. The summed E-state index contributed by atoms with van der Waals surface area (Å²) in [6.07, 6.45) is 3.41. The number of nitrogens with two attached hydrogens (primary N) is 1. The molecule has 0 saturated carbocycles. The standard InChI is InChI=1S/C9H9N3O/c1-6(13)8-5-12-4-7(10)2-3-9(12)11-8/h2-5H,10H2,1H3. The molecule has 66 valence electrons. The van der Waals surface area contributed by atoms with Gasteiger partial charge in [0, 0.05) is 25.0 Å². The highest BCUT2D eigenvalue weighted by atomic mass is 16.1. The molecule has 2 N–H and O–H groups in total. The summed E-state index contributed by atoms with van der Waals surface area (Å²) in [6.45, 7) is 1.49. The number of Topliss-reactive ketones (excluding diaryl/α,β-unsaturated/α-hetero) is 1.